The summed E-state index contributed by atoms with van der Waals surface area (Å²) in [5.41, 5.74) is 0. The average Bonchev–Trinajstić information content (AvgIpc) is 3.15. The Kier molecular flexibility index (Phi) is 9.52. The lowest BCUT2D eigenvalue weighted by Crippen LogP contribution is -2.40. The Morgan fingerprint density at radius 1 is 1.40 bits per heavy atom. The Morgan fingerprint density at radius 3 is 2.76 bits per heavy atom. The summed E-state index contributed by atoms with van der Waals surface area (Å²) < 4.78 is 4.89. The third kappa shape index (κ3) is 6.00. The fraction of sp³-hybridized carbons (Fsp3) is 0.824. The summed E-state index contributed by atoms with van der Waals surface area (Å²) in [5.74, 6) is 1.13. The van der Waals surface area contributed by atoms with Gasteiger partial charge in [0.15, 0.2) is 5.96 Å². The van der Waals surface area contributed by atoms with Gasteiger partial charge < -0.3 is 19.9 Å². The molecule has 8 heteroatoms. The first-order valence-electron chi connectivity index (χ1n) is 8.95. The molecule has 2 fully saturated rings. The topological polar surface area (TPSA) is 74.2 Å². The predicted octanol–water partition coefficient (Wildman–Crippen LogP) is 1.32. The quantitative estimate of drug-likeness (QED) is 0.210. The molecule has 0 aromatic carbocycles. The molecule has 25 heavy (non-hydrogen) atoms. The second-order valence-electron chi connectivity index (χ2n) is 6.59. The van der Waals surface area contributed by atoms with Crippen LogP contribution in [0.15, 0.2) is 4.99 Å². The maximum absolute atomic E-state index is 11.8. The Balaban J connectivity index is 0.00000312. The number of carbonyl (C=O) groups is 2. The van der Waals surface area contributed by atoms with Crippen molar-refractivity contribution < 1.29 is 14.3 Å². The van der Waals surface area contributed by atoms with Crippen LogP contribution in [-0.4, -0.2) is 74.0 Å². The monoisotopic (exact) mass is 466 g/mol. The van der Waals surface area contributed by atoms with E-state index in [0.717, 1.165) is 45.0 Å². The summed E-state index contributed by atoms with van der Waals surface area (Å²) in [6.45, 7) is 8.69. The largest absolute Gasteiger partial charge is 0.469 e. The molecule has 0 saturated carbocycles. The maximum Gasteiger partial charge on any atom is 0.310 e. The molecule has 144 valence electrons. The second kappa shape index (κ2) is 10.8. The van der Waals surface area contributed by atoms with Crippen LogP contribution in [0.5, 0.6) is 0 Å². The number of nitrogens with one attached hydrogen (secondary N) is 1. The van der Waals surface area contributed by atoms with E-state index in [0.29, 0.717) is 19.5 Å². The number of guanidine groups is 1. The van der Waals surface area contributed by atoms with Gasteiger partial charge in [0.1, 0.15) is 0 Å². The van der Waals surface area contributed by atoms with Gasteiger partial charge in [0.05, 0.1) is 13.0 Å². The number of halogens is 1. The Morgan fingerprint density at radius 2 is 2.16 bits per heavy atom. The highest BCUT2D eigenvalue weighted by molar-refractivity contribution is 14.0. The first-order valence-corrected chi connectivity index (χ1v) is 8.95. The van der Waals surface area contributed by atoms with Gasteiger partial charge in [-0.05, 0) is 25.7 Å². The molecule has 2 heterocycles. The summed E-state index contributed by atoms with van der Waals surface area (Å²) in [5, 5.41) is 3.30. The molecule has 0 bridgehead atoms. The van der Waals surface area contributed by atoms with E-state index in [9.17, 15) is 9.59 Å². The Hall–Kier alpha value is -1.06. The molecule has 2 atom stereocenters. The summed E-state index contributed by atoms with van der Waals surface area (Å²) in [6, 6.07) is 0. The van der Waals surface area contributed by atoms with Crippen molar-refractivity contribution in [2.75, 3.05) is 46.4 Å². The van der Waals surface area contributed by atoms with E-state index in [2.05, 4.69) is 22.1 Å². The number of rotatable bonds is 6. The van der Waals surface area contributed by atoms with Crippen LogP contribution in [0.4, 0.5) is 0 Å². The molecule has 0 aromatic heterocycles. The number of hydrogen-bond donors (Lipinski definition) is 1. The van der Waals surface area contributed by atoms with E-state index in [1.165, 1.54) is 7.11 Å². The van der Waals surface area contributed by atoms with Crippen molar-refractivity contribution in [3.05, 3.63) is 0 Å². The van der Waals surface area contributed by atoms with Gasteiger partial charge in [-0.25, -0.2) is 0 Å². The number of carbonyl (C=O) groups excluding carboxylic acids is 2. The average molecular weight is 466 g/mol. The van der Waals surface area contributed by atoms with Crippen molar-refractivity contribution in [3.63, 3.8) is 0 Å². The molecule has 2 unspecified atom stereocenters. The summed E-state index contributed by atoms with van der Waals surface area (Å²) in [6.07, 6.45) is 2.53. The molecule has 2 aliphatic heterocycles. The molecular formula is C17H31IN4O3. The molecular weight excluding hydrogens is 435 g/mol. The lowest BCUT2D eigenvalue weighted by atomic mass is 9.99. The molecule has 0 aliphatic carbocycles. The van der Waals surface area contributed by atoms with Gasteiger partial charge in [-0.2, -0.15) is 0 Å². The number of nitrogens with zero attached hydrogens (tertiary/aromatic N) is 3. The number of methoxy groups -OCH3 is 1. The molecule has 0 spiro atoms. The standard InChI is InChI=1S/C17H30N4O3.HI/c1-4-18-17(19-8-6-10-20-9-5-7-15(20)22)21-11-13(2)14(12-21)16(23)24-3;/h13-14H,4-12H2,1-3H3,(H,18,19);1H. The van der Waals surface area contributed by atoms with E-state index >= 15 is 0 Å². The first kappa shape index (κ1) is 22.0. The second-order valence-corrected chi connectivity index (χ2v) is 6.59. The molecule has 2 rings (SSSR count). The molecule has 2 saturated heterocycles. The summed E-state index contributed by atoms with van der Waals surface area (Å²) in [7, 11) is 1.44. The first-order chi connectivity index (χ1) is 11.6. The third-order valence-electron chi connectivity index (χ3n) is 4.77. The molecule has 0 radical (unpaired) electrons. The van der Waals surface area contributed by atoms with Crippen molar-refractivity contribution in [1.29, 1.82) is 0 Å². The predicted molar refractivity (Wildman–Crippen MR) is 108 cm³/mol. The van der Waals surface area contributed by atoms with Crippen LogP contribution < -0.4 is 5.32 Å². The minimum absolute atomic E-state index is 0. The van der Waals surface area contributed by atoms with Gasteiger partial charge in [0.25, 0.3) is 0 Å². The number of likely N-dealkylation sites (tertiary alicyclic amines) is 2. The van der Waals surface area contributed by atoms with E-state index in [1.807, 2.05) is 11.8 Å². The Labute approximate surface area is 167 Å². The molecule has 0 aromatic rings. The number of ether oxygens (including phenoxy) is 1. The van der Waals surface area contributed by atoms with Gasteiger partial charge in [-0.3, -0.25) is 14.6 Å². The number of esters is 1. The van der Waals surface area contributed by atoms with Crippen LogP contribution in [0.2, 0.25) is 0 Å². The normalized spacial score (nSPS) is 23.6. The zero-order valence-electron chi connectivity index (χ0n) is 15.5. The zero-order valence-corrected chi connectivity index (χ0v) is 17.8. The fourth-order valence-corrected chi connectivity index (χ4v) is 3.41. The van der Waals surface area contributed by atoms with Crippen LogP contribution in [0.25, 0.3) is 0 Å². The highest BCUT2D eigenvalue weighted by Gasteiger charge is 2.36. The van der Waals surface area contributed by atoms with Crippen molar-refractivity contribution >= 4 is 41.8 Å². The maximum atomic E-state index is 11.8. The highest BCUT2D eigenvalue weighted by atomic mass is 127. The van der Waals surface area contributed by atoms with Crippen LogP contribution in [0.1, 0.15) is 33.1 Å². The van der Waals surface area contributed by atoms with Crippen LogP contribution in [0.3, 0.4) is 0 Å². The lowest BCUT2D eigenvalue weighted by Gasteiger charge is -2.21. The molecule has 2 aliphatic rings. The van der Waals surface area contributed by atoms with Crippen LogP contribution in [-0.2, 0) is 14.3 Å². The minimum atomic E-state index is -0.145. The van der Waals surface area contributed by atoms with Crippen molar-refractivity contribution in [1.82, 2.24) is 15.1 Å². The minimum Gasteiger partial charge on any atom is -0.469 e. The van der Waals surface area contributed by atoms with Crippen molar-refractivity contribution in [2.45, 2.75) is 33.1 Å². The van der Waals surface area contributed by atoms with Gasteiger partial charge >= 0.3 is 5.97 Å². The van der Waals surface area contributed by atoms with E-state index in [-0.39, 0.29) is 47.7 Å². The number of hydrogen-bond acceptors (Lipinski definition) is 4. The van der Waals surface area contributed by atoms with Gasteiger partial charge in [-0.15, -0.1) is 24.0 Å². The Bertz CT molecular complexity index is 487. The van der Waals surface area contributed by atoms with Crippen molar-refractivity contribution in [3.8, 4) is 0 Å². The van der Waals surface area contributed by atoms with Crippen LogP contribution in [0, 0.1) is 11.8 Å². The summed E-state index contributed by atoms with van der Waals surface area (Å²) >= 11 is 0. The lowest BCUT2D eigenvalue weighted by molar-refractivity contribution is -0.146. The third-order valence-corrected chi connectivity index (χ3v) is 4.77. The molecule has 1 N–H and O–H groups in total. The smallest absolute Gasteiger partial charge is 0.310 e. The molecule has 7 nitrogen and oxygen atoms in total. The van der Waals surface area contributed by atoms with E-state index in [1.54, 1.807) is 0 Å². The molecule has 1 amide bonds. The van der Waals surface area contributed by atoms with Gasteiger partial charge in [0, 0.05) is 45.7 Å². The van der Waals surface area contributed by atoms with E-state index in [4.69, 9.17) is 4.74 Å². The van der Waals surface area contributed by atoms with Crippen LogP contribution >= 0.6 is 24.0 Å². The number of aliphatic imine (C=N–C) groups is 1. The van der Waals surface area contributed by atoms with Crippen molar-refractivity contribution in [2.24, 2.45) is 16.8 Å². The zero-order chi connectivity index (χ0) is 17.5. The fourth-order valence-electron chi connectivity index (χ4n) is 3.41. The highest BCUT2D eigenvalue weighted by Crippen LogP contribution is 2.24. The van der Waals surface area contributed by atoms with Gasteiger partial charge in [-0.1, -0.05) is 6.92 Å². The number of amides is 1. The summed E-state index contributed by atoms with van der Waals surface area (Å²) in [4.78, 5) is 32.2. The SMILES string of the molecule is CCNC(=NCCCN1CCCC1=O)N1CC(C)C(C(=O)OC)C1.I. The van der Waals surface area contributed by atoms with E-state index < -0.39 is 0 Å². The van der Waals surface area contributed by atoms with Gasteiger partial charge in [0.2, 0.25) is 5.91 Å².